The Morgan fingerprint density at radius 1 is 1.35 bits per heavy atom. The Morgan fingerprint density at radius 2 is 2.05 bits per heavy atom. The van der Waals surface area contributed by atoms with Crippen LogP contribution in [0.5, 0.6) is 5.75 Å². The Bertz CT molecular complexity index is 451. The first-order chi connectivity index (χ1) is 9.47. The van der Waals surface area contributed by atoms with E-state index in [2.05, 4.69) is 5.32 Å². The van der Waals surface area contributed by atoms with Gasteiger partial charge in [-0.05, 0) is 26.0 Å². The lowest BCUT2D eigenvalue weighted by Gasteiger charge is -2.18. The van der Waals surface area contributed by atoms with Gasteiger partial charge in [-0.2, -0.15) is 0 Å². The van der Waals surface area contributed by atoms with Gasteiger partial charge in [0.2, 0.25) is 0 Å². The molecule has 112 valence electrons. The predicted molar refractivity (Wildman–Crippen MR) is 77.9 cm³/mol. The zero-order valence-corrected chi connectivity index (χ0v) is 12.3. The molecule has 0 heterocycles. The number of rotatable bonds is 7. The zero-order chi connectivity index (χ0) is 15.1. The summed E-state index contributed by atoms with van der Waals surface area (Å²) < 4.78 is 15.5. The van der Waals surface area contributed by atoms with E-state index in [1.807, 2.05) is 6.92 Å². The van der Waals surface area contributed by atoms with Gasteiger partial charge in [-0.25, -0.2) is 0 Å². The van der Waals surface area contributed by atoms with Crippen molar-refractivity contribution in [2.45, 2.75) is 26.1 Å². The highest BCUT2D eigenvalue weighted by molar-refractivity contribution is 5.96. The third kappa shape index (κ3) is 4.71. The number of carbonyl (C=O) groups excluding carboxylic acids is 1. The van der Waals surface area contributed by atoms with Crippen LogP contribution < -0.4 is 15.8 Å². The summed E-state index contributed by atoms with van der Waals surface area (Å²) in [5.74, 6) is 0.378. The van der Waals surface area contributed by atoms with Gasteiger partial charge >= 0.3 is 0 Å². The molecule has 2 atom stereocenters. The van der Waals surface area contributed by atoms with Gasteiger partial charge in [0.1, 0.15) is 11.9 Å². The number of amides is 1. The number of hydrogen-bond acceptors (Lipinski definition) is 5. The lowest BCUT2D eigenvalue weighted by molar-refractivity contribution is -0.131. The molecule has 1 aromatic rings. The Kier molecular flexibility index (Phi) is 6.27. The van der Waals surface area contributed by atoms with Crippen molar-refractivity contribution >= 4 is 17.3 Å². The first kappa shape index (κ1) is 16.3. The number of anilines is 2. The fourth-order valence-electron chi connectivity index (χ4n) is 1.70. The second-order valence-corrected chi connectivity index (χ2v) is 4.49. The molecule has 0 aromatic heterocycles. The average molecular weight is 282 g/mol. The molecule has 1 amide bonds. The third-order valence-electron chi connectivity index (χ3n) is 2.72. The first-order valence-corrected chi connectivity index (χ1v) is 6.36. The lowest BCUT2D eigenvalue weighted by atomic mass is 10.2. The van der Waals surface area contributed by atoms with Crippen LogP contribution in [0.1, 0.15) is 13.8 Å². The van der Waals surface area contributed by atoms with Crippen LogP contribution in [0.4, 0.5) is 11.4 Å². The molecule has 0 saturated carbocycles. The highest BCUT2D eigenvalue weighted by Gasteiger charge is 2.17. The van der Waals surface area contributed by atoms with Crippen LogP contribution in [0.15, 0.2) is 18.2 Å². The molecule has 6 nitrogen and oxygen atoms in total. The summed E-state index contributed by atoms with van der Waals surface area (Å²) in [6, 6.07) is 5.07. The van der Waals surface area contributed by atoms with Gasteiger partial charge < -0.3 is 25.3 Å². The molecular formula is C14H22N2O4. The molecule has 0 saturated heterocycles. The van der Waals surface area contributed by atoms with E-state index in [4.69, 9.17) is 19.9 Å². The number of ether oxygens (including phenoxy) is 3. The van der Waals surface area contributed by atoms with E-state index in [9.17, 15) is 4.79 Å². The molecule has 6 heteroatoms. The van der Waals surface area contributed by atoms with E-state index in [0.717, 1.165) is 0 Å². The summed E-state index contributed by atoms with van der Waals surface area (Å²) in [4.78, 5) is 12.0. The van der Waals surface area contributed by atoms with Gasteiger partial charge in [-0.3, -0.25) is 4.79 Å². The van der Waals surface area contributed by atoms with Crippen LogP contribution >= 0.6 is 0 Å². The molecule has 0 bridgehead atoms. The normalized spacial score (nSPS) is 13.6. The van der Waals surface area contributed by atoms with Crippen LogP contribution in [0.25, 0.3) is 0 Å². The minimum absolute atomic E-state index is 0.158. The summed E-state index contributed by atoms with van der Waals surface area (Å²) >= 11 is 0. The largest absolute Gasteiger partial charge is 0.497 e. The fraction of sp³-hybridized carbons (Fsp3) is 0.500. The van der Waals surface area contributed by atoms with Crippen LogP contribution in [-0.4, -0.2) is 38.9 Å². The average Bonchev–Trinajstić information content (AvgIpc) is 2.41. The number of methoxy groups -OCH3 is 2. The minimum Gasteiger partial charge on any atom is -0.497 e. The second-order valence-electron chi connectivity index (χ2n) is 4.49. The predicted octanol–water partition coefficient (Wildman–Crippen LogP) is 1.66. The van der Waals surface area contributed by atoms with Gasteiger partial charge in [0.15, 0.2) is 0 Å². The highest BCUT2D eigenvalue weighted by Crippen LogP contribution is 2.24. The summed E-state index contributed by atoms with van der Waals surface area (Å²) in [6.45, 7) is 3.96. The van der Waals surface area contributed by atoms with Crippen molar-refractivity contribution in [1.29, 1.82) is 0 Å². The maximum atomic E-state index is 12.0. The maximum absolute atomic E-state index is 12.0. The van der Waals surface area contributed by atoms with Crippen molar-refractivity contribution in [3.63, 3.8) is 0 Å². The van der Waals surface area contributed by atoms with Gasteiger partial charge in [-0.15, -0.1) is 0 Å². The molecular weight excluding hydrogens is 260 g/mol. The van der Waals surface area contributed by atoms with Crippen LogP contribution in [-0.2, 0) is 14.3 Å². The number of nitrogens with one attached hydrogen (secondary N) is 1. The van der Waals surface area contributed by atoms with Gasteiger partial charge in [0.05, 0.1) is 31.2 Å². The molecule has 0 aliphatic heterocycles. The SMILES string of the molecule is COCC(C)OC(C)C(=O)Nc1ccc(OC)cc1N. The fourth-order valence-corrected chi connectivity index (χ4v) is 1.70. The van der Waals surface area contributed by atoms with Crippen molar-refractivity contribution in [3.05, 3.63) is 18.2 Å². The van der Waals surface area contributed by atoms with Crippen LogP contribution in [0.2, 0.25) is 0 Å². The van der Waals surface area contributed by atoms with E-state index in [-0.39, 0.29) is 12.0 Å². The van der Waals surface area contributed by atoms with Crippen molar-refractivity contribution < 1.29 is 19.0 Å². The molecule has 0 aliphatic rings. The Labute approximate surface area is 119 Å². The summed E-state index contributed by atoms with van der Waals surface area (Å²) in [5, 5.41) is 2.72. The smallest absolute Gasteiger partial charge is 0.253 e. The standard InChI is InChI=1S/C14H22N2O4/c1-9(8-18-3)20-10(2)14(17)16-13-6-5-11(19-4)7-12(13)15/h5-7,9-10H,8,15H2,1-4H3,(H,16,17). The van der Waals surface area contributed by atoms with E-state index in [0.29, 0.717) is 23.7 Å². The van der Waals surface area contributed by atoms with E-state index < -0.39 is 6.10 Å². The third-order valence-corrected chi connectivity index (χ3v) is 2.72. The Hall–Kier alpha value is -1.79. The van der Waals surface area contributed by atoms with E-state index >= 15 is 0 Å². The van der Waals surface area contributed by atoms with Gasteiger partial charge in [0.25, 0.3) is 5.91 Å². The van der Waals surface area contributed by atoms with E-state index in [1.165, 1.54) is 0 Å². The van der Waals surface area contributed by atoms with Gasteiger partial charge in [-0.1, -0.05) is 0 Å². The molecule has 3 N–H and O–H groups in total. The molecule has 0 aliphatic carbocycles. The topological polar surface area (TPSA) is 82.8 Å². The summed E-state index contributed by atoms with van der Waals surface area (Å²) in [7, 11) is 3.14. The summed E-state index contributed by atoms with van der Waals surface area (Å²) in [6.07, 6.45) is -0.754. The molecule has 0 spiro atoms. The Morgan fingerprint density at radius 3 is 2.60 bits per heavy atom. The number of nitrogens with two attached hydrogens (primary N) is 1. The number of benzene rings is 1. The first-order valence-electron chi connectivity index (χ1n) is 6.36. The van der Waals surface area contributed by atoms with E-state index in [1.54, 1.807) is 39.3 Å². The lowest BCUT2D eigenvalue weighted by Crippen LogP contribution is -2.32. The van der Waals surface area contributed by atoms with Crippen LogP contribution in [0, 0.1) is 0 Å². The monoisotopic (exact) mass is 282 g/mol. The zero-order valence-electron chi connectivity index (χ0n) is 12.3. The summed E-state index contributed by atoms with van der Waals surface area (Å²) in [5.41, 5.74) is 6.81. The molecule has 1 aromatic carbocycles. The molecule has 1 rings (SSSR count). The Balaban J connectivity index is 2.61. The minimum atomic E-state index is -0.596. The van der Waals surface area contributed by atoms with Crippen molar-refractivity contribution in [3.8, 4) is 5.75 Å². The maximum Gasteiger partial charge on any atom is 0.253 e. The number of nitrogen functional groups attached to an aromatic ring is 1. The van der Waals surface area contributed by atoms with Gasteiger partial charge in [0, 0.05) is 13.2 Å². The molecule has 0 fully saturated rings. The molecule has 20 heavy (non-hydrogen) atoms. The number of carbonyl (C=O) groups is 1. The molecule has 2 unspecified atom stereocenters. The number of hydrogen-bond donors (Lipinski definition) is 2. The quantitative estimate of drug-likeness (QED) is 0.743. The van der Waals surface area contributed by atoms with Crippen molar-refractivity contribution in [2.24, 2.45) is 0 Å². The van der Waals surface area contributed by atoms with Crippen molar-refractivity contribution in [1.82, 2.24) is 0 Å². The van der Waals surface area contributed by atoms with Crippen molar-refractivity contribution in [2.75, 3.05) is 31.9 Å². The van der Waals surface area contributed by atoms with Crippen LogP contribution in [0.3, 0.4) is 0 Å². The second kappa shape index (κ2) is 7.72. The highest BCUT2D eigenvalue weighted by atomic mass is 16.5. The molecule has 0 radical (unpaired) electrons.